The fraction of sp³-hybridized carbons (Fsp3) is 0.105. The number of amides is 1. The molecular formula is C19H17FN4O. The molecule has 3 rings (SSSR count). The van der Waals surface area contributed by atoms with Crippen LogP contribution in [0.1, 0.15) is 23.0 Å². The molecule has 1 heterocycles. The molecule has 0 aliphatic heterocycles. The Bertz CT molecular complexity index is 863. The quantitative estimate of drug-likeness (QED) is 0.734. The first kappa shape index (κ1) is 16.6. The molecule has 6 heteroatoms. The van der Waals surface area contributed by atoms with Gasteiger partial charge in [0.15, 0.2) is 0 Å². The van der Waals surface area contributed by atoms with Crippen molar-refractivity contribution in [3.63, 3.8) is 0 Å². The SMILES string of the molecule is CCc1ccc(Nc2nccc(C(=O)Nc3ccc(F)cc3)n2)cc1. The summed E-state index contributed by atoms with van der Waals surface area (Å²) in [5.74, 6) is -0.421. The topological polar surface area (TPSA) is 66.9 Å². The largest absolute Gasteiger partial charge is 0.324 e. The van der Waals surface area contributed by atoms with Gasteiger partial charge in [-0.25, -0.2) is 14.4 Å². The zero-order valence-electron chi connectivity index (χ0n) is 13.7. The van der Waals surface area contributed by atoms with Crippen LogP contribution in [0.15, 0.2) is 60.8 Å². The van der Waals surface area contributed by atoms with Crippen LogP contribution in [-0.4, -0.2) is 15.9 Å². The number of halogens is 1. The van der Waals surface area contributed by atoms with E-state index in [9.17, 15) is 9.18 Å². The van der Waals surface area contributed by atoms with Crippen LogP contribution < -0.4 is 10.6 Å². The van der Waals surface area contributed by atoms with Gasteiger partial charge in [0, 0.05) is 17.6 Å². The predicted octanol–water partition coefficient (Wildman–Crippen LogP) is 4.17. The van der Waals surface area contributed by atoms with Gasteiger partial charge in [0.05, 0.1) is 0 Å². The summed E-state index contributed by atoms with van der Waals surface area (Å²) < 4.78 is 12.9. The molecule has 0 saturated carbocycles. The molecule has 1 aromatic heterocycles. The molecule has 0 aliphatic carbocycles. The molecule has 2 aromatic carbocycles. The van der Waals surface area contributed by atoms with Crippen LogP contribution in [0.3, 0.4) is 0 Å². The van der Waals surface area contributed by atoms with E-state index >= 15 is 0 Å². The Kier molecular flexibility index (Phi) is 4.99. The van der Waals surface area contributed by atoms with E-state index in [1.165, 1.54) is 42.1 Å². The lowest BCUT2D eigenvalue weighted by Gasteiger charge is -2.08. The van der Waals surface area contributed by atoms with E-state index in [-0.39, 0.29) is 11.5 Å². The van der Waals surface area contributed by atoms with E-state index in [2.05, 4.69) is 27.5 Å². The molecule has 25 heavy (non-hydrogen) atoms. The van der Waals surface area contributed by atoms with Crippen molar-refractivity contribution < 1.29 is 9.18 Å². The number of anilines is 3. The van der Waals surface area contributed by atoms with E-state index in [0.717, 1.165) is 12.1 Å². The second-order valence-electron chi connectivity index (χ2n) is 5.40. The molecule has 0 aliphatic rings. The number of aryl methyl sites for hydroxylation is 1. The summed E-state index contributed by atoms with van der Waals surface area (Å²) in [6.45, 7) is 2.09. The molecule has 5 nitrogen and oxygen atoms in total. The number of benzene rings is 2. The molecule has 2 N–H and O–H groups in total. The van der Waals surface area contributed by atoms with Crippen LogP contribution in [0, 0.1) is 5.82 Å². The van der Waals surface area contributed by atoms with E-state index in [1.807, 2.05) is 24.3 Å². The van der Waals surface area contributed by atoms with Gasteiger partial charge >= 0.3 is 0 Å². The lowest BCUT2D eigenvalue weighted by molar-refractivity contribution is 0.102. The van der Waals surface area contributed by atoms with Crippen molar-refractivity contribution in [1.29, 1.82) is 0 Å². The number of rotatable bonds is 5. The highest BCUT2D eigenvalue weighted by Crippen LogP contribution is 2.15. The maximum atomic E-state index is 12.9. The van der Waals surface area contributed by atoms with Crippen LogP contribution >= 0.6 is 0 Å². The first-order chi connectivity index (χ1) is 12.1. The maximum Gasteiger partial charge on any atom is 0.274 e. The summed E-state index contributed by atoms with van der Waals surface area (Å²) in [6, 6.07) is 15.0. The normalized spacial score (nSPS) is 10.3. The number of carbonyl (C=O) groups excluding carboxylic acids is 1. The third-order valence-electron chi connectivity index (χ3n) is 3.61. The van der Waals surface area contributed by atoms with Crippen LogP contribution in [0.5, 0.6) is 0 Å². The maximum absolute atomic E-state index is 12.9. The Labute approximate surface area is 145 Å². The third-order valence-corrected chi connectivity index (χ3v) is 3.61. The summed E-state index contributed by atoms with van der Waals surface area (Å²) in [4.78, 5) is 20.6. The van der Waals surface area contributed by atoms with Gasteiger partial charge in [0.25, 0.3) is 5.91 Å². The van der Waals surface area contributed by atoms with Crippen LogP contribution in [-0.2, 0) is 6.42 Å². The minimum absolute atomic E-state index is 0.215. The van der Waals surface area contributed by atoms with Crippen molar-refractivity contribution in [2.75, 3.05) is 10.6 Å². The van der Waals surface area contributed by atoms with E-state index in [4.69, 9.17) is 0 Å². The van der Waals surface area contributed by atoms with Gasteiger partial charge < -0.3 is 10.6 Å². The van der Waals surface area contributed by atoms with Gasteiger partial charge in [-0.05, 0) is 54.4 Å². The summed E-state index contributed by atoms with van der Waals surface area (Å²) in [7, 11) is 0. The lowest BCUT2D eigenvalue weighted by Crippen LogP contribution is -2.14. The standard InChI is InChI=1S/C19H17FN4O/c1-2-13-3-7-16(8-4-13)23-19-21-12-11-17(24-19)18(25)22-15-9-5-14(20)6-10-15/h3-12H,2H2,1H3,(H,22,25)(H,21,23,24). The van der Waals surface area contributed by atoms with Crippen molar-refractivity contribution in [3.05, 3.63) is 77.9 Å². The average Bonchev–Trinajstić information content (AvgIpc) is 2.64. The van der Waals surface area contributed by atoms with Gasteiger partial charge in [0.1, 0.15) is 11.5 Å². The Morgan fingerprint density at radius 1 is 1.00 bits per heavy atom. The molecule has 3 aromatic rings. The van der Waals surface area contributed by atoms with Crippen LogP contribution in [0.4, 0.5) is 21.7 Å². The molecular weight excluding hydrogens is 319 g/mol. The monoisotopic (exact) mass is 336 g/mol. The van der Waals surface area contributed by atoms with Crippen molar-refractivity contribution in [3.8, 4) is 0 Å². The zero-order valence-corrected chi connectivity index (χ0v) is 13.7. The molecule has 0 radical (unpaired) electrons. The Morgan fingerprint density at radius 2 is 1.68 bits per heavy atom. The number of nitrogens with one attached hydrogen (secondary N) is 2. The highest BCUT2D eigenvalue weighted by Gasteiger charge is 2.09. The Balaban J connectivity index is 1.71. The number of nitrogens with zero attached hydrogens (tertiary/aromatic N) is 2. The first-order valence-corrected chi connectivity index (χ1v) is 7.90. The smallest absolute Gasteiger partial charge is 0.274 e. The van der Waals surface area contributed by atoms with Crippen LogP contribution in [0.2, 0.25) is 0 Å². The Hall–Kier alpha value is -3.28. The second kappa shape index (κ2) is 7.53. The third kappa shape index (κ3) is 4.38. The molecule has 1 amide bonds. The summed E-state index contributed by atoms with van der Waals surface area (Å²) in [5, 5.41) is 5.74. The molecule has 0 bridgehead atoms. The predicted molar refractivity (Wildman–Crippen MR) is 95.5 cm³/mol. The highest BCUT2D eigenvalue weighted by molar-refractivity contribution is 6.02. The number of hydrogen-bond donors (Lipinski definition) is 2. The Morgan fingerprint density at radius 3 is 2.36 bits per heavy atom. The van der Waals surface area contributed by atoms with Gasteiger partial charge in [-0.3, -0.25) is 4.79 Å². The molecule has 0 saturated heterocycles. The molecule has 126 valence electrons. The summed E-state index contributed by atoms with van der Waals surface area (Å²) in [5.41, 5.74) is 2.79. The molecule has 0 unspecified atom stereocenters. The number of carbonyl (C=O) groups is 1. The fourth-order valence-electron chi connectivity index (χ4n) is 2.23. The van der Waals surface area contributed by atoms with Crippen LogP contribution in [0.25, 0.3) is 0 Å². The minimum Gasteiger partial charge on any atom is -0.324 e. The van der Waals surface area contributed by atoms with Crippen molar-refractivity contribution in [1.82, 2.24) is 9.97 Å². The van der Waals surface area contributed by atoms with Crippen molar-refractivity contribution in [2.45, 2.75) is 13.3 Å². The van der Waals surface area contributed by atoms with E-state index in [1.54, 1.807) is 0 Å². The molecule has 0 spiro atoms. The first-order valence-electron chi connectivity index (χ1n) is 7.90. The fourth-order valence-corrected chi connectivity index (χ4v) is 2.23. The van der Waals surface area contributed by atoms with Gasteiger partial charge in [-0.1, -0.05) is 19.1 Å². The highest BCUT2D eigenvalue weighted by atomic mass is 19.1. The van der Waals surface area contributed by atoms with Crippen molar-refractivity contribution >= 4 is 23.2 Å². The van der Waals surface area contributed by atoms with E-state index in [0.29, 0.717) is 11.6 Å². The lowest BCUT2D eigenvalue weighted by atomic mass is 10.1. The zero-order chi connectivity index (χ0) is 17.6. The number of hydrogen-bond acceptors (Lipinski definition) is 4. The molecule has 0 fully saturated rings. The van der Waals surface area contributed by atoms with Gasteiger partial charge in [0.2, 0.25) is 5.95 Å². The summed E-state index contributed by atoms with van der Waals surface area (Å²) in [6.07, 6.45) is 2.48. The van der Waals surface area contributed by atoms with E-state index < -0.39 is 5.91 Å². The average molecular weight is 336 g/mol. The summed E-state index contributed by atoms with van der Waals surface area (Å²) >= 11 is 0. The molecule has 0 atom stereocenters. The van der Waals surface area contributed by atoms with Gasteiger partial charge in [-0.2, -0.15) is 0 Å². The van der Waals surface area contributed by atoms with Gasteiger partial charge in [-0.15, -0.1) is 0 Å². The minimum atomic E-state index is -0.390. The second-order valence-corrected chi connectivity index (χ2v) is 5.40. The van der Waals surface area contributed by atoms with Crippen molar-refractivity contribution in [2.24, 2.45) is 0 Å². The number of aromatic nitrogens is 2.